The highest BCUT2D eigenvalue weighted by molar-refractivity contribution is 5.93. The zero-order valence-corrected chi connectivity index (χ0v) is 8.48. The number of allylic oxidation sites excluding steroid dienone is 2. The molecule has 0 radical (unpaired) electrons. The van der Waals surface area contributed by atoms with E-state index in [2.05, 4.69) is 20.8 Å². The van der Waals surface area contributed by atoms with Crippen LogP contribution in [0.1, 0.15) is 40.5 Å². The van der Waals surface area contributed by atoms with Crippen molar-refractivity contribution in [3.63, 3.8) is 0 Å². The first-order valence-electron chi connectivity index (χ1n) is 4.72. The van der Waals surface area contributed by atoms with E-state index in [0.29, 0.717) is 5.78 Å². The van der Waals surface area contributed by atoms with E-state index in [1.54, 1.807) is 0 Å². The fourth-order valence-electron chi connectivity index (χ4n) is 1.89. The molecule has 1 nitrogen and oxygen atoms in total. The fraction of sp³-hybridized carbons (Fsp3) is 0.727. The molecule has 68 valence electrons. The van der Waals surface area contributed by atoms with E-state index in [0.717, 1.165) is 12.8 Å². The van der Waals surface area contributed by atoms with E-state index in [-0.39, 0.29) is 11.3 Å². The van der Waals surface area contributed by atoms with Gasteiger partial charge in [0.15, 0.2) is 5.78 Å². The molecule has 0 bridgehead atoms. The van der Waals surface area contributed by atoms with Crippen molar-refractivity contribution in [2.45, 2.75) is 40.5 Å². The molecular weight excluding hydrogens is 148 g/mol. The molecule has 0 aromatic carbocycles. The van der Waals surface area contributed by atoms with Crippen molar-refractivity contribution >= 4 is 5.78 Å². The van der Waals surface area contributed by atoms with E-state index in [9.17, 15) is 4.79 Å². The van der Waals surface area contributed by atoms with Gasteiger partial charge in [-0.05, 0) is 31.3 Å². The van der Waals surface area contributed by atoms with Gasteiger partial charge in [-0.1, -0.05) is 26.3 Å². The maximum Gasteiger partial charge on any atom is 0.158 e. The maximum absolute atomic E-state index is 11.3. The molecule has 1 aliphatic carbocycles. The number of hydrogen-bond acceptors (Lipinski definition) is 1. The summed E-state index contributed by atoms with van der Waals surface area (Å²) in [5.74, 6) is 0.525. The second-order valence-corrected chi connectivity index (χ2v) is 4.25. The molecule has 12 heavy (non-hydrogen) atoms. The standard InChI is InChI=1S/C11H18O/c1-5-11(4)7-8(2)10(12)6-9(11)3/h6,8H,5,7H2,1-4H3. The zero-order valence-electron chi connectivity index (χ0n) is 8.48. The van der Waals surface area contributed by atoms with Gasteiger partial charge in [0.05, 0.1) is 0 Å². The lowest BCUT2D eigenvalue weighted by atomic mass is 9.69. The molecule has 0 heterocycles. The van der Waals surface area contributed by atoms with Gasteiger partial charge in [0.2, 0.25) is 0 Å². The van der Waals surface area contributed by atoms with Crippen LogP contribution in [0.25, 0.3) is 0 Å². The topological polar surface area (TPSA) is 17.1 Å². The summed E-state index contributed by atoms with van der Waals surface area (Å²) in [4.78, 5) is 11.3. The minimum atomic E-state index is 0.221. The van der Waals surface area contributed by atoms with Crippen molar-refractivity contribution in [3.05, 3.63) is 11.6 Å². The van der Waals surface area contributed by atoms with Gasteiger partial charge < -0.3 is 0 Å². The molecule has 0 aromatic rings. The molecule has 2 atom stereocenters. The van der Waals surface area contributed by atoms with Crippen LogP contribution in [-0.2, 0) is 4.79 Å². The molecule has 0 spiro atoms. The van der Waals surface area contributed by atoms with Crippen LogP contribution in [-0.4, -0.2) is 5.78 Å². The van der Waals surface area contributed by atoms with E-state index in [1.165, 1.54) is 5.57 Å². The van der Waals surface area contributed by atoms with E-state index < -0.39 is 0 Å². The Morgan fingerprint density at radius 1 is 1.67 bits per heavy atom. The van der Waals surface area contributed by atoms with Crippen LogP contribution in [0.4, 0.5) is 0 Å². The van der Waals surface area contributed by atoms with Gasteiger partial charge in [0.25, 0.3) is 0 Å². The van der Waals surface area contributed by atoms with Crippen LogP contribution in [0.2, 0.25) is 0 Å². The third kappa shape index (κ3) is 1.45. The molecule has 0 aliphatic heterocycles. The van der Waals surface area contributed by atoms with Crippen LogP contribution >= 0.6 is 0 Å². The summed E-state index contributed by atoms with van der Waals surface area (Å²) in [5, 5.41) is 0. The van der Waals surface area contributed by atoms with Gasteiger partial charge in [-0.3, -0.25) is 4.79 Å². The molecular formula is C11H18O. The smallest absolute Gasteiger partial charge is 0.158 e. The molecule has 0 saturated carbocycles. The van der Waals surface area contributed by atoms with Crippen LogP contribution in [0.5, 0.6) is 0 Å². The lowest BCUT2D eigenvalue weighted by molar-refractivity contribution is -0.119. The van der Waals surface area contributed by atoms with E-state index in [4.69, 9.17) is 0 Å². The largest absolute Gasteiger partial charge is 0.295 e. The highest BCUT2D eigenvalue weighted by atomic mass is 16.1. The Morgan fingerprint density at radius 3 is 2.75 bits per heavy atom. The Kier molecular flexibility index (Phi) is 2.41. The summed E-state index contributed by atoms with van der Waals surface area (Å²) < 4.78 is 0. The minimum absolute atomic E-state index is 0.221. The predicted molar refractivity (Wildman–Crippen MR) is 50.9 cm³/mol. The van der Waals surface area contributed by atoms with Gasteiger partial charge >= 0.3 is 0 Å². The molecule has 1 heteroatoms. The summed E-state index contributed by atoms with van der Waals surface area (Å²) >= 11 is 0. The van der Waals surface area contributed by atoms with E-state index in [1.807, 2.05) is 13.0 Å². The fourth-order valence-corrected chi connectivity index (χ4v) is 1.89. The SMILES string of the molecule is CCC1(C)CC(C)C(=O)C=C1C. The monoisotopic (exact) mass is 166 g/mol. The van der Waals surface area contributed by atoms with Crippen molar-refractivity contribution < 1.29 is 4.79 Å². The summed E-state index contributed by atoms with van der Waals surface area (Å²) in [6, 6.07) is 0. The predicted octanol–water partition coefficient (Wildman–Crippen LogP) is 2.96. The van der Waals surface area contributed by atoms with Crippen molar-refractivity contribution in [1.82, 2.24) is 0 Å². The quantitative estimate of drug-likeness (QED) is 0.585. The third-order valence-electron chi connectivity index (χ3n) is 3.33. The summed E-state index contributed by atoms with van der Waals surface area (Å²) in [6.45, 7) is 8.55. The first-order valence-corrected chi connectivity index (χ1v) is 4.72. The molecule has 0 N–H and O–H groups in total. The van der Waals surface area contributed by atoms with Gasteiger partial charge in [0, 0.05) is 5.92 Å². The molecule has 2 unspecified atom stereocenters. The summed E-state index contributed by atoms with van der Waals surface area (Å²) in [6.07, 6.45) is 3.98. The Morgan fingerprint density at radius 2 is 2.25 bits per heavy atom. The average Bonchev–Trinajstić information content (AvgIpc) is 2.01. The minimum Gasteiger partial charge on any atom is -0.295 e. The van der Waals surface area contributed by atoms with Crippen LogP contribution in [0.3, 0.4) is 0 Å². The van der Waals surface area contributed by atoms with Crippen LogP contribution < -0.4 is 0 Å². The molecule has 0 amide bonds. The zero-order chi connectivity index (χ0) is 9.35. The number of carbonyl (C=O) groups is 1. The normalized spacial score (nSPS) is 36.5. The van der Waals surface area contributed by atoms with Crippen LogP contribution in [0.15, 0.2) is 11.6 Å². The Bertz CT molecular complexity index is 227. The van der Waals surface area contributed by atoms with Crippen LogP contribution in [0, 0.1) is 11.3 Å². The summed E-state index contributed by atoms with van der Waals surface area (Å²) in [7, 11) is 0. The Labute approximate surface area is 74.9 Å². The molecule has 1 aliphatic rings. The average molecular weight is 166 g/mol. The van der Waals surface area contributed by atoms with Crippen molar-refractivity contribution in [1.29, 1.82) is 0 Å². The van der Waals surface area contributed by atoms with Crippen molar-refractivity contribution in [3.8, 4) is 0 Å². The van der Waals surface area contributed by atoms with Gasteiger partial charge in [-0.2, -0.15) is 0 Å². The molecule has 0 saturated heterocycles. The Hall–Kier alpha value is -0.590. The number of ketones is 1. The second-order valence-electron chi connectivity index (χ2n) is 4.25. The highest BCUT2D eigenvalue weighted by Crippen LogP contribution is 2.40. The second kappa shape index (κ2) is 3.04. The van der Waals surface area contributed by atoms with Crippen molar-refractivity contribution in [2.75, 3.05) is 0 Å². The third-order valence-corrected chi connectivity index (χ3v) is 3.33. The number of hydrogen-bond donors (Lipinski definition) is 0. The first kappa shape index (κ1) is 9.50. The lowest BCUT2D eigenvalue weighted by Crippen LogP contribution is -2.28. The maximum atomic E-state index is 11.3. The molecule has 0 aromatic heterocycles. The number of rotatable bonds is 1. The lowest BCUT2D eigenvalue weighted by Gasteiger charge is -2.35. The van der Waals surface area contributed by atoms with Gasteiger partial charge in [0.1, 0.15) is 0 Å². The van der Waals surface area contributed by atoms with Gasteiger partial charge in [-0.15, -0.1) is 0 Å². The van der Waals surface area contributed by atoms with E-state index >= 15 is 0 Å². The van der Waals surface area contributed by atoms with Gasteiger partial charge in [-0.25, -0.2) is 0 Å². The van der Waals surface area contributed by atoms with Crippen molar-refractivity contribution in [2.24, 2.45) is 11.3 Å². The molecule has 1 rings (SSSR count). The molecule has 0 fully saturated rings. The summed E-state index contributed by atoms with van der Waals surface area (Å²) in [5.41, 5.74) is 1.53. The first-order chi connectivity index (χ1) is 5.49. The Balaban J connectivity index is 2.95. The highest BCUT2D eigenvalue weighted by Gasteiger charge is 2.32. The number of carbonyl (C=O) groups excluding carboxylic acids is 1.